The van der Waals surface area contributed by atoms with Gasteiger partial charge >= 0.3 is 0 Å². The predicted octanol–water partition coefficient (Wildman–Crippen LogP) is 3.71. The van der Waals surface area contributed by atoms with Crippen molar-refractivity contribution in [2.45, 2.75) is 20.4 Å². The number of nitrogens with two attached hydrogens (primary N) is 1. The number of hydrogen-bond acceptors (Lipinski definition) is 2. The summed E-state index contributed by atoms with van der Waals surface area (Å²) in [6, 6.07) is 10.9. The lowest BCUT2D eigenvalue weighted by Gasteiger charge is -2.22. The largest absolute Gasteiger partial charge is 0.389 e. The van der Waals surface area contributed by atoms with Gasteiger partial charge in [0.15, 0.2) is 0 Å². The van der Waals surface area contributed by atoms with Crippen LogP contribution in [0.2, 0.25) is 0 Å². The molecule has 2 nitrogen and oxygen atoms in total. The average molecular weight is 302 g/mol. The molecule has 2 aromatic rings. The maximum Gasteiger partial charge on any atom is 0.123 e. The highest BCUT2D eigenvalue weighted by molar-refractivity contribution is 7.80. The molecular weight excluding hydrogens is 283 g/mol. The van der Waals surface area contributed by atoms with Crippen LogP contribution in [0, 0.1) is 19.7 Å². The van der Waals surface area contributed by atoms with Crippen molar-refractivity contribution in [2.75, 3.05) is 11.9 Å². The van der Waals surface area contributed by atoms with E-state index in [1.807, 2.05) is 7.05 Å². The molecule has 0 saturated carbocycles. The maximum absolute atomic E-state index is 13.5. The molecule has 0 fully saturated rings. The van der Waals surface area contributed by atoms with E-state index in [9.17, 15) is 4.39 Å². The normalized spacial score (nSPS) is 10.5. The van der Waals surface area contributed by atoms with Gasteiger partial charge in [-0.3, -0.25) is 0 Å². The van der Waals surface area contributed by atoms with Crippen LogP contribution in [-0.2, 0) is 6.54 Å². The van der Waals surface area contributed by atoms with Gasteiger partial charge in [-0.2, -0.15) is 0 Å². The van der Waals surface area contributed by atoms with E-state index in [4.69, 9.17) is 18.0 Å². The Bertz CT molecular complexity index is 662. The molecule has 0 aliphatic carbocycles. The van der Waals surface area contributed by atoms with Gasteiger partial charge in [0.25, 0.3) is 0 Å². The highest BCUT2D eigenvalue weighted by Gasteiger charge is 2.10. The molecule has 0 aliphatic rings. The van der Waals surface area contributed by atoms with E-state index in [1.54, 1.807) is 6.07 Å². The van der Waals surface area contributed by atoms with Gasteiger partial charge in [0.1, 0.15) is 10.8 Å². The van der Waals surface area contributed by atoms with Crippen LogP contribution < -0.4 is 10.6 Å². The molecule has 0 atom stereocenters. The third-order valence-electron chi connectivity index (χ3n) is 3.39. The monoisotopic (exact) mass is 302 g/mol. The highest BCUT2D eigenvalue weighted by Crippen LogP contribution is 2.21. The summed E-state index contributed by atoms with van der Waals surface area (Å²) in [4.78, 5) is 2.36. The van der Waals surface area contributed by atoms with E-state index in [2.05, 4.69) is 36.9 Å². The van der Waals surface area contributed by atoms with E-state index in [-0.39, 0.29) is 5.82 Å². The number of hydrogen-bond donors (Lipinski definition) is 1. The minimum Gasteiger partial charge on any atom is -0.389 e. The van der Waals surface area contributed by atoms with Gasteiger partial charge in [-0.05, 0) is 60.9 Å². The summed E-state index contributed by atoms with van der Waals surface area (Å²) in [5.74, 6) is -0.279. The molecule has 4 heteroatoms. The zero-order valence-corrected chi connectivity index (χ0v) is 13.3. The van der Waals surface area contributed by atoms with Crippen molar-refractivity contribution >= 4 is 22.9 Å². The van der Waals surface area contributed by atoms with Crippen LogP contribution in [0.5, 0.6) is 0 Å². The SMILES string of the molecule is Cc1cc(C)cc(N(C)Cc2cc(F)ccc2C(N)=S)c1. The van der Waals surface area contributed by atoms with Gasteiger partial charge in [-0.15, -0.1) is 0 Å². The number of benzene rings is 2. The Kier molecular flexibility index (Phi) is 4.58. The van der Waals surface area contributed by atoms with E-state index in [1.165, 1.54) is 23.3 Å². The number of thiocarbonyl (C=S) groups is 1. The molecule has 0 aromatic heterocycles. The lowest BCUT2D eigenvalue weighted by atomic mass is 10.1. The van der Waals surface area contributed by atoms with Gasteiger partial charge in [0.05, 0.1) is 0 Å². The fourth-order valence-electron chi connectivity index (χ4n) is 2.45. The topological polar surface area (TPSA) is 29.3 Å². The van der Waals surface area contributed by atoms with Crippen LogP contribution in [0.25, 0.3) is 0 Å². The molecule has 2 rings (SSSR count). The number of anilines is 1. The number of aryl methyl sites for hydroxylation is 2. The first kappa shape index (κ1) is 15.4. The molecule has 0 bridgehead atoms. The second-order valence-corrected chi connectivity index (χ2v) is 5.81. The van der Waals surface area contributed by atoms with Crippen molar-refractivity contribution in [3.05, 3.63) is 64.5 Å². The Labute approximate surface area is 130 Å². The smallest absolute Gasteiger partial charge is 0.123 e. The summed E-state index contributed by atoms with van der Waals surface area (Å²) in [5, 5.41) is 0. The zero-order chi connectivity index (χ0) is 15.6. The lowest BCUT2D eigenvalue weighted by Crippen LogP contribution is -2.20. The molecular formula is C17H19FN2S. The quantitative estimate of drug-likeness (QED) is 0.873. The Morgan fingerprint density at radius 1 is 1.14 bits per heavy atom. The van der Waals surface area contributed by atoms with Crippen molar-refractivity contribution < 1.29 is 4.39 Å². The second-order valence-electron chi connectivity index (χ2n) is 5.37. The fourth-order valence-corrected chi connectivity index (χ4v) is 2.65. The van der Waals surface area contributed by atoms with Crippen molar-refractivity contribution in [3.63, 3.8) is 0 Å². The minimum atomic E-state index is -0.279. The van der Waals surface area contributed by atoms with Crippen LogP contribution in [0.4, 0.5) is 10.1 Å². The number of halogens is 1. The first-order chi connectivity index (χ1) is 9.86. The maximum atomic E-state index is 13.5. The van der Waals surface area contributed by atoms with Crippen LogP contribution in [-0.4, -0.2) is 12.0 Å². The zero-order valence-electron chi connectivity index (χ0n) is 12.5. The molecule has 0 radical (unpaired) electrons. The Morgan fingerprint density at radius 3 is 2.33 bits per heavy atom. The molecule has 110 valence electrons. The van der Waals surface area contributed by atoms with Gasteiger partial charge in [-0.25, -0.2) is 4.39 Å². The highest BCUT2D eigenvalue weighted by atomic mass is 32.1. The summed E-state index contributed by atoms with van der Waals surface area (Å²) in [7, 11) is 1.97. The van der Waals surface area contributed by atoms with Crippen molar-refractivity contribution in [1.29, 1.82) is 0 Å². The van der Waals surface area contributed by atoms with Gasteiger partial charge < -0.3 is 10.6 Å². The fraction of sp³-hybridized carbons (Fsp3) is 0.235. The summed E-state index contributed by atoms with van der Waals surface area (Å²) < 4.78 is 13.5. The summed E-state index contributed by atoms with van der Waals surface area (Å²) in [6.07, 6.45) is 0. The first-order valence-electron chi connectivity index (χ1n) is 6.74. The predicted molar refractivity (Wildman–Crippen MR) is 90.3 cm³/mol. The Hall–Kier alpha value is -1.94. The number of rotatable bonds is 4. The Balaban J connectivity index is 2.32. The summed E-state index contributed by atoms with van der Waals surface area (Å²) >= 11 is 5.04. The average Bonchev–Trinajstić information content (AvgIpc) is 2.37. The molecule has 2 N–H and O–H groups in total. The third kappa shape index (κ3) is 3.79. The standard InChI is InChI=1S/C17H19FN2S/c1-11-6-12(2)8-15(7-11)20(3)10-13-9-14(18)4-5-16(13)17(19)21/h4-9H,10H2,1-3H3,(H2,19,21). The summed E-state index contributed by atoms with van der Waals surface area (Å²) in [6.45, 7) is 4.67. The van der Waals surface area contributed by atoms with Crippen LogP contribution in [0.15, 0.2) is 36.4 Å². The minimum absolute atomic E-state index is 0.279. The molecule has 0 heterocycles. The molecule has 21 heavy (non-hydrogen) atoms. The van der Waals surface area contributed by atoms with Gasteiger partial charge in [-0.1, -0.05) is 18.3 Å². The van der Waals surface area contributed by atoms with E-state index in [0.29, 0.717) is 11.5 Å². The van der Waals surface area contributed by atoms with Crippen molar-refractivity contribution in [1.82, 2.24) is 0 Å². The van der Waals surface area contributed by atoms with E-state index < -0.39 is 0 Å². The van der Waals surface area contributed by atoms with Crippen LogP contribution >= 0.6 is 12.2 Å². The Morgan fingerprint density at radius 2 is 1.76 bits per heavy atom. The number of nitrogens with zero attached hydrogens (tertiary/aromatic N) is 1. The van der Waals surface area contributed by atoms with E-state index >= 15 is 0 Å². The molecule has 0 saturated heterocycles. The van der Waals surface area contributed by atoms with Gasteiger partial charge in [0, 0.05) is 24.8 Å². The van der Waals surface area contributed by atoms with Crippen LogP contribution in [0.3, 0.4) is 0 Å². The molecule has 2 aromatic carbocycles. The first-order valence-corrected chi connectivity index (χ1v) is 7.15. The molecule has 0 amide bonds. The molecule has 0 spiro atoms. The molecule has 0 aliphatic heterocycles. The van der Waals surface area contributed by atoms with Gasteiger partial charge in [0.2, 0.25) is 0 Å². The third-order valence-corrected chi connectivity index (χ3v) is 3.61. The van der Waals surface area contributed by atoms with Crippen LogP contribution in [0.1, 0.15) is 22.3 Å². The van der Waals surface area contributed by atoms with Crippen molar-refractivity contribution in [3.8, 4) is 0 Å². The lowest BCUT2D eigenvalue weighted by molar-refractivity contribution is 0.625. The van der Waals surface area contributed by atoms with Crippen molar-refractivity contribution in [2.24, 2.45) is 5.73 Å². The molecule has 0 unspecified atom stereocenters. The second kappa shape index (κ2) is 6.22. The van der Waals surface area contributed by atoms with E-state index in [0.717, 1.165) is 16.8 Å². The summed E-state index contributed by atoms with van der Waals surface area (Å²) in [5.41, 5.74) is 10.7.